The third-order valence-corrected chi connectivity index (χ3v) is 17.9. The van der Waals surface area contributed by atoms with Gasteiger partial charge >= 0.3 is 24.1 Å². The normalized spacial score (nSPS) is 27.9. The van der Waals surface area contributed by atoms with E-state index >= 15 is 0 Å². The van der Waals surface area contributed by atoms with E-state index in [1.165, 1.54) is 22.3 Å². The summed E-state index contributed by atoms with van der Waals surface area (Å²) in [7, 11) is 0. The van der Waals surface area contributed by atoms with Crippen LogP contribution >= 0.6 is 0 Å². The Kier molecular flexibility index (Phi) is 18.8. The Hall–Kier alpha value is -7.08. The van der Waals surface area contributed by atoms with Gasteiger partial charge in [0, 0.05) is 48.9 Å². The maximum Gasteiger partial charge on any atom is 0.325 e. The van der Waals surface area contributed by atoms with Gasteiger partial charge in [-0.1, -0.05) is 197 Å². The summed E-state index contributed by atoms with van der Waals surface area (Å²) in [6.07, 6.45) is 17.8. The van der Waals surface area contributed by atoms with Crippen molar-refractivity contribution in [1.29, 1.82) is 0 Å². The number of urea groups is 4. The fraction of sp³-hybridized carbons (Fsp3) is 0.500. The zero-order valence-corrected chi connectivity index (χ0v) is 53.1. The van der Waals surface area contributed by atoms with Gasteiger partial charge in [0.15, 0.2) is 0 Å². The van der Waals surface area contributed by atoms with Gasteiger partial charge in [-0.3, -0.25) is 19.6 Å². The molecule has 4 aliphatic heterocycles. The number of hydrogen-bond acceptors (Lipinski definition) is 4. The highest BCUT2D eigenvalue weighted by atomic mass is 16.2. The van der Waals surface area contributed by atoms with Crippen LogP contribution in [0.2, 0.25) is 0 Å². The second kappa shape index (κ2) is 25.6. The predicted octanol–water partition coefficient (Wildman–Crippen LogP) is 15.3. The standard InChI is InChI=1S/4C18H24N2O/c3*1-12(2)11-19-17-14(4)7-10-16(17)20(18(19)21)15-8-5-13(3)6-9-15;1-12(2)11-19-17-14(4)8-9-16(17)20(18(19)21)15-7-5-6-13(3)10-15/h4*5-10,12,14,16-17H,11H2,1-4H3/t4*14-,16-,17?/m0000/s1. The molecule has 84 heavy (non-hydrogen) atoms. The predicted molar refractivity (Wildman–Crippen MR) is 346 cm³/mol. The monoisotopic (exact) mass is 1140 g/mol. The van der Waals surface area contributed by atoms with Crippen LogP contribution in [0.4, 0.5) is 41.9 Å². The minimum absolute atomic E-state index is 0.152. The zero-order chi connectivity index (χ0) is 60.6. The van der Waals surface area contributed by atoms with E-state index in [0.29, 0.717) is 47.3 Å². The molecule has 4 unspecified atom stereocenters. The van der Waals surface area contributed by atoms with Crippen LogP contribution < -0.4 is 19.6 Å². The summed E-state index contributed by atoms with van der Waals surface area (Å²) in [5.41, 5.74) is 8.87. The first-order chi connectivity index (χ1) is 39.9. The van der Waals surface area contributed by atoms with Crippen molar-refractivity contribution < 1.29 is 19.2 Å². The van der Waals surface area contributed by atoms with Crippen molar-refractivity contribution in [3.05, 3.63) is 168 Å². The lowest BCUT2D eigenvalue weighted by atomic mass is 10.0. The number of anilines is 4. The Morgan fingerprint density at radius 3 is 0.774 bits per heavy atom. The molecule has 448 valence electrons. The molecule has 12 heteroatoms. The second-order valence-corrected chi connectivity index (χ2v) is 27.0. The van der Waals surface area contributed by atoms with Gasteiger partial charge in [0.2, 0.25) is 0 Å². The van der Waals surface area contributed by atoms with E-state index in [-0.39, 0.29) is 72.5 Å². The van der Waals surface area contributed by atoms with Crippen LogP contribution in [0.5, 0.6) is 0 Å². The molecule has 0 N–H and O–H groups in total. The number of rotatable bonds is 12. The number of amides is 8. The first-order valence-corrected chi connectivity index (χ1v) is 31.3. The van der Waals surface area contributed by atoms with Gasteiger partial charge in [0.25, 0.3) is 0 Å². The summed E-state index contributed by atoms with van der Waals surface area (Å²) in [4.78, 5) is 67.8. The highest BCUT2D eigenvalue weighted by Crippen LogP contribution is 2.42. The molecule has 4 aromatic rings. The molecule has 4 fully saturated rings. The number of aryl methyl sites for hydroxylation is 4. The Morgan fingerprint density at radius 1 is 0.310 bits per heavy atom. The molecule has 0 bridgehead atoms. The van der Waals surface area contributed by atoms with Crippen LogP contribution in [-0.2, 0) is 0 Å². The average Bonchev–Trinajstić information content (AvgIpc) is 2.15. The van der Waals surface area contributed by atoms with E-state index in [9.17, 15) is 19.2 Å². The topological polar surface area (TPSA) is 94.2 Å². The maximum absolute atomic E-state index is 12.9. The number of hydrogen-bond donors (Lipinski definition) is 0. The third-order valence-electron chi connectivity index (χ3n) is 17.9. The summed E-state index contributed by atoms with van der Waals surface area (Å²) >= 11 is 0. The summed E-state index contributed by atoms with van der Waals surface area (Å²) in [5, 5.41) is 0. The molecule has 12 nitrogen and oxygen atoms in total. The molecule has 12 atom stereocenters. The number of carbonyl (C=O) groups excluding carboxylic acids is 4. The molecule has 8 aliphatic rings. The zero-order valence-electron chi connectivity index (χ0n) is 53.1. The van der Waals surface area contributed by atoms with Crippen LogP contribution in [-0.4, -0.2) is 118 Å². The molecule has 4 aliphatic carbocycles. The molecule has 4 saturated heterocycles. The number of fused-ring (bicyclic) bond motifs is 4. The average molecular weight is 1140 g/mol. The Balaban J connectivity index is 0.000000134. The molecule has 0 spiro atoms. The van der Waals surface area contributed by atoms with E-state index in [2.05, 4.69) is 264 Å². The quantitative estimate of drug-likeness (QED) is 0.132. The van der Waals surface area contributed by atoms with Crippen LogP contribution in [0.15, 0.2) is 146 Å². The summed E-state index contributed by atoms with van der Waals surface area (Å²) in [5.74, 6) is 3.64. The van der Waals surface area contributed by atoms with E-state index in [0.717, 1.165) is 48.9 Å². The van der Waals surface area contributed by atoms with Gasteiger partial charge in [-0.25, -0.2) is 19.2 Å². The van der Waals surface area contributed by atoms with Crippen LogP contribution in [0.25, 0.3) is 0 Å². The van der Waals surface area contributed by atoms with Gasteiger partial charge in [-0.05, 0) is 129 Å². The van der Waals surface area contributed by atoms with E-state index in [1.54, 1.807) is 0 Å². The van der Waals surface area contributed by atoms with Crippen LogP contribution in [0.1, 0.15) is 105 Å². The third kappa shape index (κ3) is 12.5. The fourth-order valence-corrected chi connectivity index (χ4v) is 14.1. The lowest BCUT2D eigenvalue weighted by molar-refractivity contribution is 0.185. The second-order valence-electron chi connectivity index (χ2n) is 27.0. The minimum Gasteiger partial charge on any atom is -0.318 e. The SMILES string of the molecule is Cc1ccc(N2C(=O)N(CC(C)C)C3[C@@H](C)C=C[C@@H]32)cc1.Cc1ccc(N2C(=O)N(CC(C)C)C3[C@@H](C)C=C[C@@H]32)cc1.Cc1ccc(N2C(=O)N(CC(C)C)C3[C@@H](C)C=C[C@@H]32)cc1.Cc1cccc(N2C(=O)N(CC(C)C)C3[C@@H](C)C=C[C@@H]32)c1. The highest BCUT2D eigenvalue weighted by Gasteiger charge is 2.53. The molecule has 0 aromatic heterocycles. The number of nitrogens with zero attached hydrogens (tertiary/aromatic N) is 8. The first-order valence-electron chi connectivity index (χ1n) is 31.3. The minimum atomic E-state index is 0.152. The van der Waals surface area contributed by atoms with Gasteiger partial charge < -0.3 is 19.6 Å². The molecular formula is C72H96N8O4. The van der Waals surface area contributed by atoms with E-state index in [1.807, 2.05) is 31.7 Å². The highest BCUT2D eigenvalue weighted by molar-refractivity contribution is 5.99. The maximum atomic E-state index is 12.9. The van der Waals surface area contributed by atoms with Gasteiger partial charge in [-0.2, -0.15) is 0 Å². The largest absolute Gasteiger partial charge is 0.325 e. The Bertz CT molecular complexity index is 2840. The summed E-state index contributed by atoms with van der Waals surface area (Å²) in [6.45, 7) is 37.8. The van der Waals surface area contributed by atoms with Gasteiger partial charge in [0.1, 0.15) is 0 Å². The van der Waals surface area contributed by atoms with Crippen LogP contribution in [0, 0.1) is 75.0 Å². The summed E-state index contributed by atoms with van der Waals surface area (Å²) < 4.78 is 0. The Morgan fingerprint density at radius 2 is 0.548 bits per heavy atom. The fourth-order valence-electron chi connectivity index (χ4n) is 14.1. The van der Waals surface area contributed by atoms with E-state index < -0.39 is 0 Å². The molecule has 8 amide bonds. The molecule has 4 aromatic carbocycles. The van der Waals surface area contributed by atoms with E-state index in [4.69, 9.17) is 0 Å². The molecule has 0 saturated carbocycles. The molecule has 4 heterocycles. The van der Waals surface area contributed by atoms with Gasteiger partial charge in [-0.15, -0.1) is 0 Å². The van der Waals surface area contributed by atoms with Crippen molar-refractivity contribution in [3.8, 4) is 0 Å². The van der Waals surface area contributed by atoms with Crippen molar-refractivity contribution in [2.24, 2.45) is 47.3 Å². The molecule has 12 rings (SSSR count). The number of carbonyl (C=O) groups is 4. The van der Waals surface area contributed by atoms with Crippen molar-refractivity contribution in [2.75, 3.05) is 45.8 Å². The number of benzene rings is 4. The Labute approximate surface area is 503 Å². The summed E-state index contributed by atoms with van der Waals surface area (Å²) in [6, 6.07) is 35.4. The van der Waals surface area contributed by atoms with Crippen molar-refractivity contribution in [3.63, 3.8) is 0 Å². The van der Waals surface area contributed by atoms with Crippen molar-refractivity contribution in [1.82, 2.24) is 19.6 Å². The van der Waals surface area contributed by atoms with Crippen LogP contribution in [0.3, 0.4) is 0 Å². The van der Waals surface area contributed by atoms with Crippen molar-refractivity contribution in [2.45, 2.75) is 159 Å². The first kappa shape index (κ1) is 61.5. The molecular weight excluding hydrogens is 1040 g/mol. The molecule has 0 radical (unpaired) electrons. The lowest BCUT2D eigenvalue weighted by Crippen LogP contribution is -2.40. The van der Waals surface area contributed by atoms with Gasteiger partial charge in [0.05, 0.1) is 48.3 Å². The van der Waals surface area contributed by atoms with Crippen molar-refractivity contribution >= 4 is 46.9 Å². The smallest absolute Gasteiger partial charge is 0.318 e. The lowest BCUT2D eigenvalue weighted by Gasteiger charge is -2.27.